The second kappa shape index (κ2) is 6.52. The second-order valence-electron chi connectivity index (χ2n) is 5.98. The van der Waals surface area contributed by atoms with Crippen LogP contribution >= 0.6 is 23.2 Å². The molecule has 0 heterocycles. The number of benzene rings is 2. The highest BCUT2D eigenvalue weighted by Crippen LogP contribution is 2.28. The van der Waals surface area contributed by atoms with E-state index in [0.717, 1.165) is 12.0 Å². The molecule has 0 aromatic heterocycles. The van der Waals surface area contributed by atoms with Crippen LogP contribution in [0.15, 0.2) is 42.5 Å². The van der Waals surface area contributed by atoms with E-state index < -0.39 is 5.60 Å². The van der Waals surface area contributed by atoms with Gasteiger partial charge in [-0.2, -0.15) is 0 Å². The van der Waals surface area contributed by atoms with E-state index in [1.54, 1.807) is 12.1 Å². The first-order valence-electron chi connectivity index (χ1n) is 7.49. The van der Waals surface area contributed by atoms with Crippen LogP contribution in [0.5, 0.6) is 0 Å². The highest BCUT2D eigenvalue weighted by atomic mass is 35.5. The van der Waals surface area contributed by atoms with Crippen LogP contribution in [-0.4, -0.2) is 23.2 Å². The topological polar surface area (TPSA) is 49.3 Å². The van der Waals surface area contributed by atoms with Crippen molar-refractivity contribution in [3.05, 3.63) is 69.2 Å². The van der Waals surface area contributed by atoms with Crippen molar-refractivity contribution >= 4 is 29.1 Å². The summed E-state index contributed by atoms with van der Waals surface area (Å²) in [5.41, 5.74) is 1.93. The van der Waals surface area contributed by atoms with E-state index in [0.29, 0.717) is 28.5 Å². The number of fused-ring (bicyclic) bond motifs is 1. The smallest absolute Gasteiger partial charge is 0.251 e. The van der Waals surface area contributed by atoms with E-state index in [1.807, 2.05) is 18.2 Å². The van der Waals surface area contributed by atoms with Gasteiger partial charge in [0, 0.05) is 18.5 Å². The lowest BCUT2D eigenvalue weighted by Gasteiger charge is -2.33. The summed E-state index contributed by atoms with van der Waals surface area (Å²) in [6.45, 7) is 0.209. The molecule has 0 radical (unpaired) electrons. The zero-order valence-corrected chi connectivity index (χ0v) is 14.0. The number of aliphatic hydroxyl groups is 1. The minimum Gasteiger partial charge on any atom is -0.388 e. The van der Waals surface area contributed by atoms with Crippen molar-refractivity contribution in [3.8, 4) is 0 Å². The molecule has 2 aromatic carbocycles. The normalized spacial score (nSPS) is 20.0. The number of aryl methyl sites for hydroxylation is 1. The molecule has 0 saturated heterocycles. The van der Waals surface area contributed by atoms with Crippen LogP contribution in [0.2, 0.25) is 10.0 Å². The summed E-state index contributed by atoms with van der Waals surface area (Å²) in [5, 5.41) is 14.3. The maximum atomic E-state index is 12.2. The van der Waals surface area contributed by atoms with Gasteiger partial charge in [-0.25, -0.2) is 0 Å². The van der Waals surface area contributed by atoms with Crippen molar-refractivity contribution in [3.63, 3.8) is 0 Å². The van der Waals surface area contributed by atoms with E-state index in [1.165, 1.54) is 11.6 Å². The molecule has 120 valence electrons. The van der Waals surface area contributed by atoms with Crippen molar-refractivity contribution < 1.29 is 9.90 Å². The van der Waals surface area contributed by atoms with Gasteiger partial charge in [-0.1, -0.05) is 47.5 Å². The largest absolute Gasteiger partial charge is 0.388 e. The first kappa shape index (κ1) is 16.3. The van der Waals surface area contributed by atoms with Crippen molar-refractivity contribution in [1.29, 1.82) is 0 Å². The Bertz CT molecular complexity index is 748. The van der Waals surface area contributed by atoms with Crippen molar-refractivity contribution in [2.24, 2.45) is 0 Å². The molecule has 1 aliphatic rings. The van der Waals surface area contributed by atoms with Crippen LogP contribution in [0.3, 0.4) is 0 Å². The number of carbonyl (C=O) groups excluding carboxylic acids is 1. The molecule has 0 bridgehead atoms. The average Bonchev–Trinajstić information content (AvgIpc) is 2.55. The van der Waals surface area contributed by atoms with E-state index in [9.17, 15) is 9.90 Å². The van der Waals surface area contributed by atoms with Crippen molar-refractivity contribution in [1.82, 2.24) is 5.32 Å². The van der Waals surface area contributed by atoms with Gasteiger partial charge in [0.15, 0.2) is 0 Å². The predicted molar refractivity (Wildman–Crippen MR) is 92.2 cm³/mol. The maximum Gasteiger partial charge on any atom is 0.251 e. The van der Waals surface area contributed by atoms with Crippen LogP contribution < -0.4 is 5.32 Å². The van der Waals surface area contributed by atoms with Gasteiger partial charge in [-0.3, -0.25) is 4.79 Å². The highest BCUT2D eigenvalue weighted by molar-refractivity contribution is 6.42. The van der Waals surface area contributed by atoms with Crippen LogP contribution in [0.25, 0.3) is 0 Å². The van der Waals surface area contributed by atoms with Gasteiger partial charge in [0.1, 0.15) is 0 Å². The van der Waals surface area contributed by atoms with Crippen molar-refractivity contribution in [2.45, 2.75) is 24.9 Å². The molecule has 0 saturated carbocycles. The number of amides is 1. The predicted octanol–water partition coefficient (Wildman–Crippen LogP) is 3.64. The molecule has 23 heavy (non-hydrogen) atoms. The molecule has 3 nitrogen and oxygen atoms in total. The SMILES string of the molecule is O=C(NCC1(O)CCc2ccccc2C1)c1ccc(Cl)c(Cl)c1. The van der Waals surface area contributed by atoms with E-state index in [-0.39, 0.29) is 12.5 Å². The summed E-state index contributed by atoms with van der Waals surface area (Å²) < 4.78 is 0. The van der Waals surface area contributed by atoms with E-state index in [2.05, 4.69) is 11.4 Å². The van der Waals surface area contributed by atoms with E-state index in [4.69, 9.17) is 23.2 Å². The Labute approximate surface area is 145 Å². The first-order valence-corrected chi connectivity index (χ1v) is 8.25. The van der Waals surface area contributed by atoms with Gasteiger partial charge >= 0.3 is 0 Å². The fraction of sp³-hybridized carbons (Fsp3) is 0.278. The maximum absolute atomic E-state index is 12.2. The molecule has 3 rings (SSSR count). The standard InChI is InChI=1S/C18H17Cl2NO2/c19-15-6-5-13(9-16(15)20)17(22)21-11-18(23)8-7-12-3-1-2-4-14(12)10-18/h1-6,9,23H,7-8,10-11H2,(H,21,22). The minimum absolute atomic E-state index is 0.209. The monoisotopic (exact) mass is 349 g/mol. The molecule has 1 unspecified atom stereocenters. The van der Waals surface area contributed by atoms with Gasteiger partial charge in [-0.05, 0) is 42.2 Å². The Hall–Kier alpha value is -1.55. The molecular formula is C18H17Cl2NO2. The molecular weight excluding hydrogens is 333 g/mol. The third kappa shape index (κ3) is 3.69. The van der Waals surface area contributed by atoms with Crippen LogP contribution in [0.1, 0.15) is 27.9 Å². The Morgan fingerprint density at radius 3 is 2.61 bits per heavy atom. The fourth-order valence-corrected chi connectivity index (χ4v) is 3.22. The third-order valence-electron chi connectivity index (χ3n) is 4.26. The molecule has 2 aromatic rings. The molecule has 0 spiro atoms. The molecule has 2 N–H and O–H groups in total. The summed E-state index contributed by atoms with van der Waals surface area (Å²) in [6, 6.07) is 12.8. The Balaban J connectivity index is 1.66. The van der Waals surface area contributed by atoms with Gasteiger partial charge in [0.25, 0.3) is 5.91 Å². The molecule has 1 aliphatic carbocycles. The fourth-order valence-electron chi connectivity index (χ4n) is 2.92. The van der Waals surface area contributed by atoms with Gasteiger partial charge in [-0.15, -0.1) is 0 Å². The molecule has 0 fully saturated rings. The average molecular weight is 350 g/mol. The number of carbonyl (C=O) groups is 1. The molecule has 5 heteroatoms. The summed E-state index contributed by atoms with van der Waals surface area (Å²) in [5.74, 6) is -0.268. The first-order chi connectivity index (χ1) is 11.0. The zero-order chi connectivity index (χ0) is 16.4. The van der Waals surface area contributed by atoms with Crippen LogP contribution in [0, 0.1) is 0 Å². The van der Waals surface area contributed by atoms with Crippen molar-refractivity contribution in [2.75, 3.05) is 6.54 Å². The number of hydrogen-bond acceptors (Lipinski definition) is 2. The lowest BCUT2D eigenvalue weighted by atomic mass is 9.80. The summed E-state index contributed by atoms with van der Waals surface area (Å²) in [7, 11) is 0. The summed E-state index contributed by atoms with van der Waals surface area (Å²) in [6.07, 6.45) is 1.99. The Kier molecular flexibility index (Phi) is 4.62. The minimum atomic E-state index is -0.916. The second-order valence-corrected chi connectivity index (χ2v) is 6.80. The highest BCUT2D eigenvalue weighted by Gasteiger charge is 2.32. The summed E-state index contributed by atoms with van der Waals surface area (Å²) in [4.78, 5) is 12.2. The van der Waals surface area contributed by atoms with Gasteiger partial charge in [0.2, 0.25) is 0 Å². The zero-order valence-electron chi connectivity index (χ0n) is 12.5. The van der Waals surface area contributed by atoms with E-state index >= 15 is 0 Å². The Morgan fingerprint density at radius 2 is 1.87 bits per heavy atom. The van der Waals surface area contributed by atoms with Crippen LogP contribution in [0.4, 0.5) is 0 Å². The lowest BCUT2D eigenvalue weighted by Crippen LogP contribution is -2.46. The number of hydrogen-bond donors (Lipinski definition) is 2. The Morgan fingerprint density at radius 1 is 1.13 bits per heavy atom. The van der Waals surface area contributed by atoms with Crippen LogP contribution in [-0.2, 0) is 12.8 Å². The number of nitrogens with one attached hydrogen (secondary N) is 1. The number of rotatable bonds is 3. The molecule has 1 amide bonds. The molecule has 1 atom stereocenters. The summed E-state index contributed by atoms with van der Waals surface area (Å²) >= 11 is 11.8. The quantitative estimate of drug-likeness (QED) is 0.888. The van der Waals surface area contributed by atoms with Gasteiger partial charge < -0.3 is 10.4 Å². The number of halogens is 2. The van der Waals surface area contributed by atoms with Gasteiger partial charge in [0.05, 0.1) is 15.6 Å². The molecule has 0 aliphatic heterocycles. The third-order valence-corrected chi connectivity index (χ3v) is 5.00. The lowest BCUT2D eigenvalue weighted by molar-refractivity contribution is 0.0260.